The average molecular weight is 274 g/mol. The molecule has 2 heterocycles. The molecule has 0 radical (unpaired) electrons. The molecule has 2 N–H and O–H groups in total. The molecule has 1 saturated carbocycles. The van der Waals surface area contributed by atoms with Crippen molar-refractivity contribution in [1.82, 2.24) is 15.3 Å². The van der Waals surface area contributed by atoms with Gasteiger partial charge in [-0.05, 0) is 39.2 Å². The van der Waals surface area contributed by atoms with E-state index in [0.717, 1.165) is 24.7 Å². The predicted octanol–water partition coefficient (Wildman–Crippen LogP) is 3.00. The number of anilines is 1. The van der Waals surface area contributed by atoms with Gasteiger partial charge in [0, 0.05) is 24.6 Å². The van der Waals surface area contributed by atoms with E-state index < -0.39 is 0 Å². The first-order valence-electron chi connectivity index (χ1n) is 8.14. The molecule has 0 unspecified atom stereocenters. The molecule has 20 heavy (non-hydrogen) atoms. The van der Waals surface area contributed by atoms with Gasteiger partial charge in [-0.25, -0.2) is 9.97 Å². The van der Waals surface area contributed by atoms with Crippen molar-refractivity contribution in [1.29, 1.82) is 0 Å². The van der Waals surface area contributed by atoms with Gasteiger partial charge in [0.1, 0.15) is 11.6 Å². The molecule has 3 rings (SSSR count). The highest BCUT2D eigenvalue weighted by Gasteiger charge is 2.19. The van der Waals surface area contributed by atoms with Gasteiger partial charge in [0.2, 0.25) is 0 Å². The second kappa shape index (κ2) is 6.53. The fourth-order valence-corrected chi connectivity index (χ4v) is 3.43. The van der Waals surface area contributed by atoms with Crippen LogP contribution in [0.2, 0.25) is 0 Å². The predicted molar refractivity (Wildman–Crippen MR) is 82.1 cm³/mol. The number of hydrogen-bond acceptors (Lipinski definition) is 4. The van der Waals surface area contributed by atoms with Crippen LogP contribution in [0.1, 0.15) is 62.4 Å². The van der Waals surface area contributed by atoms with E-state index in [1.165, 1.54) is 50.6 Å². The number of nitrogens with one attached hydrogen (secondary N) is 2. The van der Waals surface area contributed by atoms with Crippen LogP contribution in [0.15, 0.2) is 6.07 Å². The van der Waals surface area contributed by atoms with Gasteiger partial charge in [-0.1, -0.05) is 19.3 Å². The van der Waals surface area contributed by atoms with E-state index in [1.807, 2.05) is 6.92 Å². The summed E-state index contributed by atoms with van der Waals surface area (Å²) in [5.74, 6) is 2.48. The lowest BCUT2D eigenvalue weighted by molar-refractivity contribution is 0.452. The summed E-state index contributed by atoms with van der Waals surface area (Å²) in [5.41, 5.74) is 1.21. The molecule has 0 aromatic carbocycles. The highest BCUT2D eigenvalue weighted by molar-refractivity contribution is 5.38. The maximum Gasteiger partial charge on any atom is 0.130 e. The molecule has 0 amide bonds. The van der Waals surface area contributed by atoms with E-state index in [1.54, 1.807) is 0 Å². The third-order valence-electron chi connectivity index (χ3n) is 4.53. The molecule has 4 nitrogen and oxygen atoms in total. The van der Waals surface area contributed by atoms with E-state index in [0.29, 0.717) is 12.0 Å². The van der Waals surface area contributed by atoms with E-state index in [9.17, 15) is 0 Å². The minimum atomic E-state index is 0.553. The summed E-state index contributed by atoms with van der Waals surface area (Å²) in [6, 6.07) is 2.79. The van der Waals surface area contributed by atoms with Crippen molar-refractivity contribution in [2.45, 2.75) is 63.8 Å². The Hall–Kier alpha value is -1.16. The van der Waals surface area contributed by atoms with Gasteiger partial charge >= 0.3 is 0 Å². The Kier molecular flexibility index (Phi) is 4.51. The fourth-order valence-electron chi connectivity index (χ4n) is 3.43. The summed E-state index contributed by atoms with van der Waals surface area (Å²) in [4.78, 5) is 9.24. The molecule has 2 aliphatic rings. The van der Waals surface area contributed by atoms with Crippen LogP contribution in [0.3, 0.4) is 0 Å². The summed E-state index contributed by atoms with van der Waals surface area (Å²) < 4.78 is 0. The van der Waals surface area contributed by atoms with Crippen LogP contribution in [0.25, 0.3) is 0 Å². The second-order valence-corrected chi connectivity index (χ2v) is 6.25. The maximum absolute atomic E-state index is 4.66. The van der Waals surface area contributed by atoms with Gasteiger partial charge in [-0.2, -0.15) is 0 Å². The van der Waals surface area contributed by atoms with Crippen LogP contribution >= 0.6 is 0 Å². The van der Waals surface area contributed by atoms with Crippen molar-refractivity contribution >= 4 is 5.82 Å². The van der Waals surface area contributed by atoms with Crippen molar-refractivity contribution in [3.8, 4) is 0 Å². The number of nitrogens with zero attached hydrogens (tertiary/aromatic N) is 2. The van der Waals surface area contributed by atoms with E-state index in [-0.39, 0.29) is 0 Å². The number of piperidine rings is 1. The zero-order valence-electron chi connectivity index (χ0n) is 12.5. The Labute approximate surface area is 121 Å². The average Bonchev–Trinajstić information content (AvgIpc) is 2.49. The summed E-state index contributed by atoms with van der Waals surface area (Å²) in [7, 11) is 0. The summed E-state index contributed by atoms with van der Waals surface area (Å²) >= 11 is 0. The quantitative estimate of drug-likeness (QED) is 0.889. The van der Waals surface area contributed by atoms with Crippen molar-refractivity contribution in [2.75, 3.05) is 18.4 Å². The van der Waals surface area contributed by atoms with Crippen LogP contribution in [0.5, 0.6) is 0 Å². The molecule has 110 valence electrons. The van der Waals surface area contributed by atoms with Crippen LogP contribution in [-0.2, 0) is 0 Å². The fraction of sp³-hybridized carbons (Fsp3) is 0.750. The molecule has 1 aliphatic carbocycles. The third kappa shape index (κ3) is 3.48. The Morgan fingerprint density at radius 2 is 1.95 bits per heavy atom. The SMILES string of the molecule is Cc1nc(NC2CCCCC2)cc([C@@H]2CCCNC2)n1. The molecule has 1 aliphatic heterocycles. The summed E-state index contributed by atoms with van der Waals surface area (Å²) in [5, 5.41) is 7.10. The number of hydrogen-bond donors (Lipinski definition) is 2. The van der Waals surface area contributed by atoms with Crippen molar-refractivity contribution in [3.05, 3.63) is 17.6 Å². The van der Waals surface area contributed by atoms with Crippen molar-refractivity contribution < 1.29 is 0 Å². The van der Waals surface area contributed by atoms with Gasteiger partial charge in [-0.3, -0.25) is 0 Å². The standard InChI is InChI=1S/C16H26N4/c1-12-18-15(13-6-5-9-17-11-13)10-16(19-12)20-14-7-3-2-4-8-14/h10,13-14,17H,2-9,11H2,1H3,(H,18,19,20)/t13-/m1/s1. The Morgan fingerprint density at radius 1 is 1.10 bits per heavy atom. The van der Waals surface area contributed by atoms with Crippen LogP contribution < -0.4 is 10.6 Å². The lowest BCUT2D eigenvalue weighted by Crippen LogP contribution is -2.29. The lowest BCUT2D eigenvalue weighted by Gasteiger charge is -2.25. The highest BCUT2D eigenvalue weighted by atomic mass is 15.1. The molecular weight excluding hydrogens is 248 g/mol. The first-order chi connectivity index (χ1) is 9.81. The topological polar surface area (TPSA) is 49.8 Å². The molecular formula is C16H26N4. The largest absolute Gasteiger partial charge is 0.367 e. The summed E-state index contributed by atoms with van der Waals surface area (Å²) in [6.45, 7) is 4.21. The lowest BCUT2D eigenvalue weighted by atomic mass is 9.94. The zero-order valence-corrected chi connectivity index (χ0v) is 12.5. The normalized spacial score (nSPS) is 24.6. The first kappa shape index (κ1) is 13.8. The zero-order chi connectivity index (χ0) is 13.8. The molecule has 4 heteroatoms. The highest BCUT2D eigenvalue weighted by Crippen LogP contribution is 2.25. The van der Waals surface area contributed by atoms with Gasteiger partial charge in [0.05, 0.1) is 5.69 Å². The Bertz CT molecular complexity index is 434. The second-order valence-electron chi connectivity index (χ2n) is 6.25. The molecule has 1 aromatic heterocycles. The molecule has 1 saturated heterocycles. The maximum atomic E-state index is 4.66. The molecule has 1 atom stereocenters. The molecule has 2 fully saturated rings. The minimum absolute atomic E-state index is 0.553. The van der Waals surface area contributed by atoms with Crippen molar-refractivity contribution in [3.63, 3.8) is 0 Å². The number of aromatic nitrogens is 2. The molecule has 1 aromatic rings. The van der Waals surface area contributed by atoms with Crippen LogP contribution in [0.4, 0.5) is 5.82 Å². The van der Waals surface area contributed by atoms with Gasteiger partial charge < -0.3 is 10.6 Å². The van der Waals surface area contributed by atoms with Gasteiger partial charge in [-0.15, -0.1) is 0 Å². The molecule has 0 spiro atoms. The number of aryl methyl sites for hydroxylation is 1. The van der Waals surface area contributed by atoms with Gasteiger partial charge in [0.15, 0.2) is 0 Å². The third-order valence-corrected chi connectivity index (χ3v) is 4.53. The first-order valence-corrected chi connectivity index (χ1v) is 8.14. The Morgan fingerprint density at radius 3 is 2.70 bits per heavy atom. The van der Waals surface area contributed by atoms with Crippen LogP contribution in [0, 0.1) is 6.92 Å². The van der Waals surface area contributed by atoms with E-state index in [2.05, 4.69) is 26.7 Å². The minimum Gasteiger partial charge on any atom is -0.367 e. The van der Waals surface area contributed by atoms with E-state index >= 15 is 0 Å². The monoisotopic (exact) mass is 274 g/mol. The Balaban J connectivity index is 1.71. The van der Waals surface area contributed by atoms with E-state index in [4.69, 9.17) is 0 Å². The summed E-state index contributed by atoms with van der Waals surface area (Å²) in [6.07, 6.45) is 9.14. The van der Waals surface area contributed by atoms with Crippen LogP contribution in [-0.4, -0.2) is 29.1 Å². The smallest absolute Gasteiger partial charge is 0.130 e. The van der Waals surface area contributed by atoms with Gasteiger partial charge in [0.25, 0.3) is 0 Å². The number of rotatable bonds is 3. The van der Waals surface area contributed by atoms with Crippen molar-refractivity contribution in [2.24, 2.45) is 0 Å². The molecule has 0 bridgehead atoms.